The van der Waals surface area contributed by atoms with Crippen molar-refractivity contribution in [3.05, 3.63) is 42.7 Å². The van der Waals surface area contributed by atoms with Crippen molar-refractivity contribution in [2.75, 3.05) is 0 Å². The maximum atomic E-state index is 3.56. The molecule has 0 amide bonds. The van der Waals surface area contributed by atoms with Gasteiger partial charge in [-0.3, -0.25) is 0 Å². The normalized spacial score (nSPS) is 12.0. The summed E-state index contributed by atoms with van der Waals surface area (Å²) in [6.07, 6.45) is 0. The SMILES string of the molecule is CC(C)(C)c1ccc(CNCc2sccc2Br)s1. The van der Waals surface area contributed by atoms with Crippen molar-refractivity contribution < 1.29 is 0 Å². The maximum absolute atomic E-state index is 3.56. The van der Waals surface area contributed by atoms with Crippen molar-refractivity contribution in [1.82, 2.24) is 5.32 Å². The summed E-state index contributed by atoms with van der Waals surface area (Å²) in [5.74, 6) is 0. The van der Waals surface area contributed by atoms with Crippen LogP contribution in [0.3, 0.4) is 0 Å². The summed E-state index contributed by atoms with van der Waals surface area (Å²) in [6, 6.07) is 6.59. The second-order valence-corrected chi connectivity index (χ2v) is 8.33. The fourth-order valence-electron chi connectivity index (χ4n) is 1.63. The van der Waals surface area contributed by atoms with Crippen LogP contribution in [0.5, 0.6) is 0 Å². The molecule has 0 bridgehead atoms. The van der Waals surface area contributed by atoms with Crippen molar-refractivity contribution in [2.45, 2.75) is 39.3 Å². The molecule has 1 N–H and O–H groups in total. The van der Waals surface area contributed by atoms with Crippen LogP contribution in [0.1, 0.15) is 35.4 Å². The summed E-state index contributed by atoms with van der Waals surface area (Å²) in [6.45, 7) is 8.67. The first-order valence-electron chi connectivity index (χ1n) is 5.98. The third kappa shape index (κ3) is 3.67. The Bertz CT molecular complexity index is 508. The van der Waals surface area contributed by atoms with Gasteiger partial charge in [0.1, 0.15) is 0 Å². The third-order valence-electron chi connectivity index (χ3n) is 2.68. The van der Waals surface area contributed by atoms with Gasteiger partial charge in [0.25, 0.3) is 0 Å². The van der Waals surface area contributed by atoms with Gasteiger partial charge in [-0.15, -0.1) is 22.7 Å². The molecule has 2 rings (SSSR count). The summed E-state index contributed by atoms with van der Waals surface area (Å²) in [7, 11) is 0. The standard InChI is InChI=1S/C14H18BrNS2/c1-14(2,3)13-5-4-10(18-13)8-16-9-12-11(15)6-7-17-12/h4-7,16H,8-9H2,1-3H3. The van der Waals surface area contributed by atoms with E-state index in [1.54, 1.807) is 11.3 Å². The summed E-state index contributed by atoms with van der Waals surface area (Å²) in [5, 5.41) is 5.62. The molecule has 0 atom stereocenters. The van der Waals surface area contributed by atoms with Crippen molar-refractivity contribution in [3.63, 3.8) is 0 Å². The first-order chi connectivity index (χ1) is 8.47. The average molecular weight is 344 g/mol. The molecule has 18 heavy (non-hydrogen) atoms. The smallest absolute Gasteiger partial charge is 0.0327 e. The van der Waals surface area contributed by atoms with Gasteiger partial charge in [0.2, 0.25) is 0 Å². The van der Waals surface area contributed by atoms with Crippen molar-refractivity contribution >= 4 is 38.6 Å². The van der Waals surface area contributed by atoms with Gasteiger partial charge < -0.3 is 5.32 Å². The third-order valence-corrected chi connectivity index (χ3v) is 6.11. The molecule has 2 aromatic heterocycles. The Balaban J connectivity index is 1.88. The lowest BCUT2D eigenvalue weighted by Crippen LogP contribution is -2.11. The number of thiophene rings is 2. The van der Waals surface area contributed by atoms with Crippen molar-refractivity contribution in [2.24, 2.45) is 0 Å². The molecular weight excluding hydrogens is 326 g/mol. The Labute approximate surface area is 125 Å². The van der Waals surface area contributed by atoms with Gasteiger partial charge in [-0.2, -0.15) is 0 Å². The van der Waals surface area contributed by atoms with E-state index in [2.05, 4.69) is 65.6 Å². The Hall–Kier alpha value is -0.160. The van der Waals surface area contributed by atoms with Crippen LogP contribution in [0.2, 0.25) is 0 Å². The monoisotopic (exact) mass is 343 g/mol. The summed E-state index contributed by atoms with van der Waals surface area (Å²) in [5.41, 5.74) is 0.264. The highest BCUT2D eigenvalue weighted by atomic mass is 79.9. The predicted octanol–water partition coefficient (Wildman–Crippen LogP) is 5.16. The first-order valence-corrected chi connectivity index (χ1v) is 8.47. The molecule has 0 aliphatic carbocycles. The van der Waals surface area contributed by atoms with Crippen LogP contribution in [0.15, 0.2) is 28.1 Å². The molecule has 98 valence electrons. The van der Waals surface area contributed by atoms with E-state index in [9.17, 15) is 0 Å². The van der Waals surface area contributed by atoms with Crippen LogP contribution in [-0.2, 0) is 18.5 Å². The van der Waals surface area contributed by atoms with Gasteiger partial charge in [-0.05, 0) is 44.9 Å². The molecule has 0 unspecified atom stereocenters. The lowest BCUT2D eigenvalue weighted by molar-refractivity contribution is 0.604. The zero-order valence-electron chi connectivity index (χ0n) is 10.9. The van der Waals surface area contributed by atoms with Gasteiger partial charge in [0.15, 0.2) is 0 Å². The zero-order valence-corrected chi connectivity index (χ0v) is 14.1. The Morgan fingerprint density at radius 3 is 2.50 bits per heavy atom. The quantitative estimate of drug-likeness (QED) is 0.808. The van der Waals surface area contributed by atoms with Crippen molar-refractivity contribution in [3.8, 4) is 0 Å². The van der Waals surface area contributed by atoms with E-state index in [4.69, 9.17) is 0 Å². The van der Waals surface area contributed by atoms with Crippen molar-refractivity contribution in [1.29, 1.82) is 0 Å². The highest BCUT2D eigenvalue weighted by Gasteiger charge is 2.15. The predicted molar refractivity (Wildman–Crippen MR) is 85.6 cm³/mol. The fraction of sp³-hybridized carbons (Fsp3) is 0.429. The van der Waals surface area contributed by atoms with E-state index in [1.807, 2.05) is 11.3 Å². The molecule has 0 aliphatic heterocycles. The Kier molecular flexibility index (Phi) is 4.64. The lowest BCUT2D eigenvalue weighted by atomic mass is 9.95. The molecule has 2 heterocycles. The highest BCUT2D eigenvalue weighted by Crippen LogP contribution is 2.29. The van der Waals surface area contributed by atoms with E-state index in [0.717, 1.165) is 13.1 Å². The Morgan fingerprint density at radius 2 is 1.94 bits per heavy atom. The van der Waals surface area contributed by atoms with Gasteiger partial charge in [-0.25, -0.2) is 0 Å². The van der Waals surface area contributed by atoms with Crippen LogP contribution in [0.4, 0.5) is 0 Å². The minimum atomic E-state index is 0.264. The van der Waals surface area contributed by atoms with Crippen LogP contribution in [0, 0.1) is 0 Å². The highest BCUT2D eigenvalue weighted by molar-refractivity contribution is 9.10. The summed E-state index contributed by atoms with van der Waals surface area (Å²) < 4.78 is 1.21. The van der Waals surface area contributed by atoms with Crippen LogP contribution in [-0.4, -0.2) is 0 Å². The molecule has 0 aliphatic rings. The Morgan fingerprint density at radius 1 is 1.17 bits per heavy atom. The first kappa shape index (κ1) is 14.3. The molecule has 1 nitrogen and oxygen atoms in total. The molecule has 0 spiro atoms. The van der Waals surface area contributed by atoms with Crippen LogP contribution in [0.25, 0.3) is 0 Å². The average Bonchev–Trinajstić information content (AvgIpc) is 2.88. The molecule has 0 saturated heterocycles. The maximum Gasteiger partial charge on any atom is 0.0327 e. The zero-order chi connectivity index (χ0) is 13.2. The summed E-state index contributed by atoms with van der Waals surface area (Å²) >= 11 is 7.25. The fourth-order valence-corrected chi connectivity index (χ4v) is 4.12. The number of rotatable bonds is 4. The topological polar surface area (TPSA) is 12.0 Å². The van der Waals surface area contributed by atoms with Gasteiger partial charge in [0, 0.05) is 32.2 Å². The molecule has 0 fully saturated rings. The van der Waals surface area contributed by atoms with Crippen LogP contribution < -0.4 is 5.32 Å². The number of halogens is 1. The van der Waals surface area contributed by atoms with E-state index >= 15 is 0 Å². The van der Waals surface area contributed by atoms with E-state index in [1.165, 1.54) is 19.1 Å². The van der Waals surface area contributed by atoms with Gasteiger partial charge in [-0.1, -0.05) is 20.8 Å². The van der Waals surface area contributed by atoms with E-state index in [0.29, 0.717) is 0 Å². The molecule has 4 heteroatoms. The molecule has 0 saturated carbocycles. The number of nitrogens with one attached hydrogen (secondary N) is 1. The molecule has 0 radical (unpaired) electrons. The lowest BCUT2D eigenvalue weighted by Gasteiger charge is -2.15. The van der Waals surface area contributed by atoms with E-state index < -0.39 is 0 Å². The number of hydrogen-bond acceptors (Lipinski definition) is 3. The van der Waals surface area contributed by atoms with E-state index in [-0.39, 0.29) is 5.41 Å². The minimum absolute atomic E-state index is 0.264. The number of hydrogen-bond donors (Lipinski definition) is 1. The van der Waals surface area contributed by atoms with Crippen LogP contribution >= 0.6 is 38.6 Å². The van der Waals surface area contributed by atoms with Gasteiger partial charge in [0.05, 0.1) is 0 Å². The minimum Gasteiger partial charge on any atom is -0.307 e. The summed E-state index contributed by atoms with van der Waals surface area (Å²) in [4.78, 5) is 4.23. The molecule has 2 aromatic rings. The molecule has 0 aromatic carbocycles. The second kappa shape index (κ2) is 5.87. The second-order valence-electron chi connectivity index (χ2n) is 5.31. The molecular formula is C14H18BrNS2. The van der Waals surface area contributed by atoms with Gasteiger partial charge >= 0.3 is 0 Å². The largest absolute Gasteiger partial charge is 0.307 e.